The molecule has 0 heterocycles. The normalized spacial score (nSPS) is 11.4. The molecule has 0 saturated heterocycles. The summed E-state index contributed by atoms with van der Waals surface area (Å²) in [6.45, 7) is 7.95. The van der Waals surface area contributed by atoms with Crippen LogP contribution in [0.5, 0.6) is 0 Å². The number of halogens is 3. The van der Waals surface area contributed by atoms with E-state index in [1.165, 1.54) is 35.2 Å². The summed E-state index contributed by atoms with van der Waals surface area (Å²) in [5.74, 6) is -0.214. The van der Waals surface area contributed by atoms with Gasteiger partial charge in [-0.2, -0.15) is 13.2 Å². The van der Waals surface area contributed by atoms with Crippen molar-refractivity contribution >= 4 is 23.7 Å². The highest BCUT2D eigenvalue weighted by atomic mass is 32.2. The van der Waals surface area contributed by atoms with Gasteiger partial charge in [-0.1, -0.05) is 24.3 Å². The Kier molecular flexibility index (Phi) is 6.98. The minimum Gasteiger partial charge on any atom is -0.332 e. The molecule has 1 aromatic carbocycles. The van der Waals surface area contributed by atoms with Crippen LogP contribution in [0.4, 0.5) is 13.2 Å². The number of hydrogen-bond acceptors (Lipinski definition) is 2. The van der Waals surface area contributed by atoms with E-state index in [9.17, 15) is 18.0 Å². The summed E-state index contributed by atoms with van der Waals surface area (Å²) in [5.41, 5.74) is -3.65. The van der Waals surface area contributed by atoms with Gasteiger partial charge in [-0.15, -0.1) is 13.2 Å². The molecule has 1 aromatic rings. The molecule has 0 saturated carbocycles. The average Bonchev–Trinajstić information content (AvgIpc) is 2.44. The first-order chi connectivity index (χ1) is 10.4. The molecule has 22 heavy (non-hydrogen) atoms. The number of nitrogens with zero attached hydrogens (tertiary/aromatic N) is 1. The van der Waals surface area contributed by atoms with Crippen LogP contribution in [0.2, 0.25) is 0 Å². The molecule has 2 nitrogen and oxygen atoms in total. The van der Waals surface area contributed by atoms with Crippen molar-refractivity contribution in [2.75, 3.05) is 13.1 Å². The number of rotatable bonds is 7. The lowest BCUT2D eigenvalue weighted by Gasteiger charge is -2.16. The molecule has 0 unspecified atom stereocenters. The molecule has 0 aromatic heterocycles. The Labute approximate surface area is 132 Å². The minimum atomic E-state index is -4.30. The lowest BCUT2D eigenvalue weighted by atomic mass is 10.2. The largest absolute Gasteiger partial charge is 0.446 e. The van der Waals surface area contributed by atoms with E-state index >= 15 is 0 Å². The van der Waals surface area contributed by atoms with Gasteiger partial charge in [-0.25, -0.2) is 0 Å². The van der Waals surface area contributed by atoms with Gasteiger partial charge in [0.2, 0.25) is 5.91 Å². The summed E-state index contributed by atoms with van der Waals surface area (Å²) < 4.78 is 36.6. The zero-order chi connectivity index (χ0) is 16.6. The third kappa shape index (κ3) is 6.67. The lowest BCUT2D eigenvalue weighted by Crippen LogP contribution is -2.29. The van der Waals surface area contributed by atoms with E-state index < -0.39 is 5.51 Å². The van der Waals surface area contributed by atoms with Crippen LogP contribution >= 0.6 is 11.8 Å². The first-order valence-corrected chi connectivity index (χ1v) is 7.22. The highest BCUT2D eigenvalue weighted by molar-refractivity contribution is 8.00. The van der Waals surface area contributed by atoms with Gasteiger partial charge in [0.25, 0.3) is 0 Å². The predicted molar refractivity (Wildman–Crippen MR) is 84.4 cm³/mol. The second kappa shape index (κ2) is 8.48. The van der Waals surface area contributed by atoms with E-state index in [0.717, 1.165) is 0 Å². The average molecular weight is 327 g/mol. The van der Waals surface area contributed by atoms with Gasteiger partial charge in [-0.05, 0) is 35.5 Å². The zero-order valence-electron chi connectivity index (χ0n) is 11.8. The molecule has 1 rings (SSSR count). The van der Waals surface area contributed by atoms with Crippen LogP contribution in [0.25, 0.3) is 6.08 Å². The predicted octanol–water partition coefficient (Wildman–Crippen LogP) is 4.51. The second-order valence-corrected chi connectivity index (χ2v) is 5.41. The van der Waals surface area contributed by atoms with Crippen molar-refractivity contribution in [3.63, 3.8) is 0 Å². The van der Waals surface area contributed by atoms with E-state index in [4.69, 9.17) is 0 Å². The molecule has 0 atom stereocenters. The SMILES string of the molecule is C=CCN(CC=C)C(=O)/C=C/c1ccc(SC(F)(F)F)cc1. The fourth-order valence-electron chi connectivity index (χ4n) is 1.62. The molecule has 0 fully saturated rings. The Balaban J connectivity index is 2.71. The van der Waals surface area contributed by atoms with Crippen molar-refractivity contribution in [1.82, 2.24) is 4.90 Å². The van der Waals surface area contributed by atoms with E-state index in [1.807, 2.05) is 0 Å². The Morgan fingerprint density at radius 2 is 1.68 bits per heavy atom. The fraction of sp³-hybridized carbons (Fsp3) is 0.188. The molecule has 0 bridgehead atoms. The molecule has 0 aliphatic carbocycles. The lowest BCUT2D eigenvalue weighted by molar-refractivity contribution is -0.125. The van der Waals surface area contributed by atoms with Crippen LogP contribution in [0.3, 0.4) is 0 Å². The van der Waals surface area contributed by atoms with E-state index in [1.54, 1.807) is 18.2 Å². The standard InChI is InChI=1S/C16H16F3NOS/c1-3-11-20(12-4-2)15(21)10-7-13-5-8-14(9-6-13)22-16(17,18)19/h3-10H,1-2,11-12H2/b10-7+. The first-order valence-electron chi connectivity index (χ1n) is 6.40. The topological polar surface area (TPSA) is 20.3 Å². The Bertz CT molecular complexity index is 540. The molecule has 0 radical (unpaired) electrons. The maximum atomic E-state index is 12.2. The van der Waals surface area contributed by atoms with Crippen LogP contribution < -0.4 is 0 Å². The number of carbonyl (C=O) groups excluding carboxylic acids is 1. The number of thioether (sulfide) groups is 1. The third-order valence-corrected chi connectivity index (χ3v) is 3.28. The summed E-state index contributed by atoms with van der Waals surface area (Å²) in [5, 5.41) is 0. The highest BCUT2D eigenvalue weighted by Gasteiger charge is 2.28. The monoisotopic (exact) mass is 327 g/mol. The van der Waals surface area contributed by atoms with Gasteiger partial charge < -0.3 is 4.90 Å². The van der Waals surface area contributed by atoms with Crippen molar-refractivity contribution in [2.24, 2.45) is 0 Å². The number of carbonyl (C=O) groups is 1. The molecule has 0 aliphatic heterocycles. The molecule has 1 amide bonds. The number of benzene rings is 1. The summed E-state index contributed by atoms with van der Waals surface area (Å²) in [4.78, 5) is 13.6. The second-order valence-electron chi connectivity index (χ2n) is 4.27. The first kappa shape index (κ1) is 18.1. The van der Waals surface area contributed by atoms with Crippen molar-refractivity contribution in [3.8, 4) is 0 Å². The molecule has 0 aliphatic rings. The number of hydrogen-bond donors (Lipinski definition) is 0. The zero-order valence-corrected chi connectivity index (χ0v) is 12.7. The third-order valence-electron chi connectivity index (χ3n) is 2.54. The van der Waals surface area contributed by atoms with Crippen molar-refractivity contribution in [2.45, 2.75) is 10.4 Å². The molecule has 6 heteroatoms. The van der Waals surface area contributed by atoms with Crippen molar-refractivity contribution in [1.29, 1.82) is 0 Å². The van der Waals surface area contributed by atoms with Crippen LogP contribution in [0, 0.1) is 0 Å². The van der Waals surface area contributed by atoms with Gasteiger partial charge in [0, 0.05) is 24.1 Å². The molecule has 0 spiro atoms. The van der Waals surface area contributed by atoms with Crippen LogP contribution in [0.1, 0.15) is 5.56 Å². The van der Waals surface area contributed by atoms with Crippen molar-refractivity contribution in [3.05, 3.63) is 61.2 Å². The fourth-order valence-corrected chi connectivity index (χ4v) is 2.16. The summed E-state index contributed by atoms with van der Waals surface area (Å²) in [6.07, 6.45) is 6.15. The molecular weight excluding hydrogens is 311 g/mol. The summed E-state index contributed by atoms with van der Waals surface area (Å²) >= 11 is -0.169. The molecular formula is C16H16F3NOS. The maximum absolute atomic E-state index is 12.2. The van der Waals surface area contributed by atoms with Gasteiger partial charge in [0.15, 0.2) is 0 Å². The Morgan fingerprint density at radius 3 is 2.14 bits per heavy atom. The van der Waals surface area contributed by atoms with Gasteiger partial charge >= 0.3 is 5.51 Å². The number of alkyl halides is 3. The van der Waals surface area contributed by atoms with E-state index in [-0.39, 0.29) is 22.6 Å². The summed E-state index contributed by atoms with van der Waals surface area (Å²) in [6, 6.07) is 5.80. The van der Waals surface area contributed by atoms with Crippen LogP contribution in [0.15, 0.2) is 60.5 Å². The maximum Gasteiger partial charge on any atom is 0.446 e. The van der Waals surface area contributed by atoms with Crippen molar-refractivity contribution < 1.29 is 18.0 Å². The quantitative estimate of drug-likeness (QED) is 0.417. The molecule has 118 valence electrons. The number of amides is 1. The summed E-state index contributed by atoms with van der Waals surface area (Å²) in [7, 11) is 0. The minimum absolute atomic E-state index is 0.107. The molecule has 0 N–H and O–H groups in total. The smallest absolute Gasteiger partial charge is 0.332 e. The van der Waals surface area contributed by atoms with Gasteiger partial charge in [-0.3, -0.25) is 4.79 Å². The Hall–Kier alpha value is -1.95. The van der Waals surface area contributed by atoms with Gasteiger partial charge in [0.05, 0.1) is 0 Å². The van der Waals surface area contributed by atoms with E-state index in [2.05, 4.69) is 13.2 Å². The van der Waals surface area contributed by atoms with Gasteiger partial charge in [0.1, 0.15) is 0 Å². The highest BCUT2D eigenvalue weighted by Crippen LogP contribution is 2.36. The Morgan fingerprint density at radius 1 is 1.14 bits per heavy atom. The van der Waals surface area contributed by atoms with Crippen LogP contribution in [-0.4, -0.2) is 29.4 Å². The van der Waals surface area contributed by atoms with Crippen LogP contribution in [-0.2, 0) is 4.79 Å². The van der Waals surface area contributed by atoms with E-state index in [0.29, 0.717) is 18.7 Å².